The summed E-state index contributed by atoms with van der Waals surface area (Å²) in [7, 11) is 0. The normalized spacial score (nSPS) is 10.6. The zero-order valence-corrected chi connectivity index (χ0v) is 12.4. The van der Waals surface area contributed by atoms with Crippen molar-refractivity contribution in [2.45, 2.75) is 33.1 Å². The fourth-order valence-corrected chi connectivity index (χ4v) is 1.80. The highest BCUT2D eigenvalue weighted by atomic mass is 15.1. The Bertz CT molecular complexity index is 537. The Morgan fingerprint density at radius 1 is 1.05 bits per heavy atom. The molecule has 2 aromatic rings. The number of hydrogen-bond acceptors (Lipinski definition) is 4. The van der Waals surface area contributed by atoms with Gasteiger partial charge in [0, 0.05) is 24.2 Å². The number of rotatable bonds is 6. The van der Waals surface area contributed by atoms with Crippen LogP contribution in [0.25, 0.3) is 0 Å². The van der Waals surface area contributed by atoms with Gasteiger partial charge in [-0.1, -0.05) is 39.0 Å². The maximum atomic E-state index is 4.57. The second-order valence-corrected chi connectivity index (χ2v) is 5.07. The van der Waals surface area contributed by atoms with E-state index < -0.39 is 0 Å². The van der Waals surface area contributed by atoms with Crippen LogP contribution in [-0.2, 0) is 0 Å². The van der Waals surface area contributed by atoms with Crippen LogP contribution < -0.4 is 10.6 Å². The van der Waals surface area contributed by atoms with E-state index in [4.69, 9.17) is 0 Å². The zero-order chi connectivity index (χ0) is 14.4. The van der Waals surface area contributed by atoms with E-state index in [0.29, 0.717) is 5.92 Å². The van der Waals surface area contributed by atoms with Crippen LogP contribution in [0.1, 0.15) is 38.9 Å². The molecule has 0 saturated heterocycles. The molecule has 106 valence electrons. The van der Waals surface area contributed by atoms with E-state index in [-0.39, 0.29) is 0 Å². The van der Waals surface area contributed by atoms with Gasteiger partial charge in [0.15, 0.2) is 0 Å². The lowest BCUT2D eigenvalue weighted by Gasteiger charge is -2.12. The Labute approximate surface area is 120 Å². The Morgan fingerprint density at radius 2 is 1.75 bits per heavy atom. The van der Waals surface area contributed by atoms with Crippen LogP contribution in [0.2, 0.25) is 0 Å². The molecule has 0 radical (unpaired) electrons. The van der Waals surface area contributed by atoms with Gasteiger partial charge in [0.2, 0.25) is 0 Å². The molecule has 0 aliphatic heterocycles. The summed E-state index contributed by atoms with van der Waals surface area (Å²) in [6.45, 7) is 7.26. The third-order valence-corrected chi connectivity index (χ3v) is 2.86. The molecule has 0 amide bonds. The molecule has 1 heterocycles. The van der Waals surface area contributed by atoms with Crippen molar-refractivity contribution in [1.29, 1.82) is 0 Å². The van der Waals surface area contributed by atoms with E-state index in [9.17, 15) is 0 Å². The maximum Gasteiger partial charge on any atom is 0.136 e. The first-order chi connectivity index (χ1) is 9.69. The Kier molecular flexibility index (Phi) is 4.93. The molecular formula is C16H22N4. The van der Waals surface area contributed by atoms with Gasteiger partial charge in [0.25, 0.3) is 0 Å². The molecule has 0 saturated carbocycles. The molecule has 0 aliphatic rings. The summed E-state index contributed by atoms with van der Waals surface area (Å²) in [5.74, 6) is 2.86. The maximum absolute atomic E-state index is 4.57. The van der Waals surface area contributed by atoms with Crippen LogP contribution in [0.5, 0.6) is 0 Å². The summed E-state index contributed by atoms with van der Waals surface area (Å²) >= 11 is 0. The highest BCUT2D eigenvalue weighted by molar-refractivity contribution is 5.59. The first-order valence-electron chi connectivity index (χ1n) is 7.14. The monoisotopic (exact) mass is 270 g/mol. The molecule has 20 heavy (non-hydrogen) atoms. The Morgan fingerprint density at radius 3 is 2.40 bits per heavy atom. The third-order valence-electron chi connectivity index (χ3n) is 2.86. The third kappa shape index (κ3) is 3.95. The van der Waals surface area contributed by atoms with Crippen molar-refractivity contribution in [3.63, 3.8) is 0 Å². The average molecular weight is 270 g/mol. The molecule has 4 nitrogen and oxygen atoms in total. The molecule has 0 unspecified atom stereocenters. The van der Waals surface area contributed by atoms with Crippen molar-refractivity contribution in [2.24, 2.45) is 0 Å². The highest BCUT2D eigenvalue weighted by Gasteiger charge is 2.08. The average Bonchev–Trinajstić information content (AvgIpc) is 2.46. The highest BCUT2D eigenvalue weighted by Crippen LogP contribution is 2.20. The second-order valence-electron chi connectivity index (χ2n) is 5.07. The lowest BCUT2D eigenvalue weighted by molar-refractivity contribution is 0.775. The molecule has 0 fully saturated rings. The van der Waals surface area contributed by atoms with Gasteiger partial charge in [-0.2, -0.15) is 0 Å². The number of nitrogens with zero attached hydrogens (tertiary/aromatic N) is 2. The fraction of sp³-hybridized carbons (Fsp3) is 0.375. The van der Waals surface area contributed by atoms with E-state index in [1.54, 1.807) is 0 Å². The summed E-state index contributed by atoms with van der Waals surface area (Å²) in [6, 6.07) is 12.0. The largest absolute Gasteiger partial charge is 0.370 e. The summed E-state index contributed by atoms with van der Waals surface area (Å²) < 4.78 is 0. The summed E-state index contributed by atoms with van der Waals surface area (Å²) in [5.41, 5.74) is 1.03. The van der Waals surface area contributed by atoms with Gasteiger partial charge in [-0.3, -0.25) is 0 Å². The van der Waals surface area contributed by atoms with Gasteiger partial charge in [-0.25, -0.2) is 9.97 Å². The lowest BCUT2D eigenvalue weighted by Crippen LogP contribution is -2.08. The summed E-state index contributed by atoms with van der Waals surface area (Å²) in [4.78, 5) is 9.12. The number of hydrogen-bond donors (Lipinski definition) is 2. The van der Waals surface area contributed by atoms with Crippen molar-refractivity contribution < 1.29 is 0 Å². The molecule has 1 aromatic carbocycles. The predicted molar refractivity (Wildman–Crippen MR) is 84.6 cm³/mol. The lowest BCUT2D eigenvalue weighted by atomic mass is 10.2. The number of anilines is 3. The number of benzene rings is 1. The van der Waals surface area contributed by atoms with Gasteiger partial charge in [-0.05, 0) is 18.6 Å². The van der Waals surface area contributed by atoms with E-state index >= 15 is 0 Å². The molecule has 2 N–H and O–H groups in total. The summed E-state index contributed by atoms with van der Waals surface area (Å²) in [5, 5.41) is 6.65. The standard InChI is InChI=1S/C16H22N4/c1-4-10-17-14-11-15(20-16(19-14)12(2)3)18-13-8-6-5-7-9-13/h5-9,11-12H,4,10H2,1-3H3,(H2,17,18,19,20). The van der Waals surface area contributed by atoms with Crippen LogP contribution in [-0.4, -0.2) is 16.5 Å². The van der Waals surface area contributed by atoms with Crippen molar-refractivity contribution in [1.82, 2.24) is 9.97 Å². The van der Waals surface area contributed by atoms with Crippen LogP contribution in [0.15, 0.2) is 36.4 Å². The van der Waals surface area contributed by atoms with Gasteiger partial charge in [0.05, 0.1) is 0 Å². The van der Waals surface area contributed by atoms with Crippen molar-refractivity contribution >= 4 is 17.3 Å². The van der Waals surface area contributed by atoms with Crippen LogP contribution in [0, 0.1) is 0 Å². The van der Waals surface area contributed by atoms with Gasteiger partial charge in [-0.15, -0.1) is 0 Å². The zero-order valence-electron chi connectivity index (χ0n) is 12.4. The smallest absolute Gasteiger partial charge is 0.136 e. The summed E-state index contributed by atoms with van der Waals surface area (Å²) in [6.07, 6.45) is 1.07. The number of para-hydroxylation sites is 1. The molecule has 1 aromatic heterocycles. The van der Waals surface area contributed by atoms with Gasteiger partial charge in [0.1, 0.15) is 17.5 Å². The predicted octanol–water partition coefficient (Wildman–Crippen LogP) is 4.17. The first-order valence-corrected chi connectivity index (χ1v) is 7.14. The Hall–Kier alpha value is -2.10. The van der Waals surface area contributed by atoms with E-state index in [0.717, 1.165) is 36.1 Å². The number of aromatic nitrogens is 2. The molecular weight excluding hydrogens is 248 g/mol. The first kappa shape index (κ1) is 14.3. The van der Waals surface area contributed by atoms with Gasteiger partial charge >= 0.3 is 0 Å². The van der Waals surface area contributed by atoms with Crippen LogP contribution in [0.3, 0.4) is 0 Å². The van der Waals surface area contributed by atoms with Crippen molar-refractivity contribution in [2.75, 3.05) is 17.2 Å². The molecule has 0 aliphatic carbocycles. The Balaban J connectivity index is 2.24. The number of nitrogens with one attached hydrogen (secondary N) is 2. The molecule has 4 heteroatoms. The molecule has 2 rings (SSSR count). The van der Waals surface area contributed by atoms with Crippen molar-refractivity contribution in [3.8, 4) is 0 Å². The van der Waals surface area contributed by atoms with Gasteiger partial charge < -0.3 is 10.6 Å². The minimum absolute atomic E-state index is 0.301. The van der Waals surface area contributed by atoms with E-state index in [2.05, 4.69) is 41.4 Å². The van der Waals surface area contributed by atoms with E-state index in [1.807, 2.05) is 36.4 Å². The minimum atomic E-state index is 0.301. The molecule has 0 bridgehead atoms. The minimum Gasteiger partial charge on any atom is -0.370 e. The second kappa shape index (κ2) is 6.89. The molecule has 0 spiro atoms. The molecule has 0 atom stereocenters. The van der Waals surface area contributed by atoms with Crippen molar-refractivity contribution in [3.05, 3.63) is 42.2 Å². The fourth-order valence-electron chi connectivity index (χ4n) is 1.80. The quantitative estimate of drug-likeness (QED) is 0.827. The van der Waals surface area contributed by atoms with Crippen LogP contribution >= 0.6 is 0 Å². The topological polar surface area (TPSA) is 49.8 Å². The van der Waals surface area contributed by atoms with Crippen LogP contribution in [0.4, 0.5) is 17.3 Å². The van der Waals surface area contributed by atoms with E-state index in [1.165, 1.54) is 0 Å². The SMILES string of the molecule is CCCNc1cc(Nc2ccccc2)nc(C(C)C)n1.